The number of hydrogen-bond acceptors (Lipinski definition) is 2. The standard InChI is InChI=1S/C17H13Cl2NO3/c1-23-14-5-4-12(11-3-2-10(18)7-13(11)19)16-9(6-15(21)22)8-20-17(14)16/h2-5,7-8,20H,6H2,1H3,(H,21,22). The molecule has 1 heterocycles. The topological polar surface area (TPSA) is 62.3 Å². The van der Waals surface area contributed by atoms with Crippen molar-refractivity contribution in [2.24, 2.45) is 0 Å². The second-order valence-electron chi connectivity index (χ2n) is 5.07. The van der Waals surface area contributed by atoms with Gasteiger partial charge >= 0.3 is 5.97 Å². The lowest BCUT2D eigenvalue weighted by Crippen LogP contribution is -1.99. The SMILES string of the molecule is COc1ccc(-c2ccc(Cl)cc2Cl)c2c(CC(=O)O)c[nH]c12. The van der Waals surface area contributed by atoms with Gasteiger partial charge in [-0.2, -0.15) is 0 Å². The summed E-state index contributed by atoms with van der Waals surface area (Å²) in [4.78, 5) is 14.2. The molecule has 0 radical (unpaired) electrons. The zero-order valence-electron chi connectivity index (χ0n) is 12.2. The molecule has 0 spiro atoms. The van der Waals surface area contributed by atoms with Gasteiger partial charge in [0.05, 0.1) is 19.0 Å². The number of nitrogens with one attached hydrogen (secondary N) is 1. The normalized spacial score (nSPS) is 10.9. The number of aromatic nitrogens is 1. The van der Waals surface area contributed by atoms with E-state index in [1.807, 2.05) is 18.2 Å². The van der Waals surface area contributed by atoms with Crippen LogP contribution in [0.25, 0.3) is 22.0 Å². The number of aromatic amines is 1. The van der Waals surface area contributed by atoms with Crippen molar-refractivity contribution in [3.05, 3.63) is 52.1 Å². The number of ether oxygens (including phenoxy) is 1. The number of carboxylic acids is 1. The highest BCUT2D eigenvalue weighted by Crippen LogP contribution is 2.39. The van der Waals surface area contributed by atoms with E-state index in [1.54, 1.807) is 25.4 Å². The third-order valence-electron chi connectivity index (χ3n) is 3.66. The van der Waals surface area contributed by atoms with Crippen molar-refractivity contribution >= 4 is 40.1 Å². The van der Waals surface area contributed by atoms with Crippen molar-refractivity contribution in [1.82, 2.24) is 4.98 Å². The largest absolute Gasteiger partial charge is 0.495 e. The summed E-state index contributed by atoms with van der Waals surface area (Å²) >= 11 is 12.3. The number of fused-ring (bicyclic) bond motifs is 1. The van der Waals surface area contributed by atoms with Gasteiger partial charge in [-0.25, -0.2) is 0 Å². The van der Waals surface area contributed by atoms with Gasteiger partial charge < -0.3 is 14.8 Å². The van der Waals surface area contributed by atoms with Gasteiger partial charge in [0, 0.05) is 27.2 Å². The quantitative estimate of drug-likeness (QED) is 0.712. The van der Waals surface area contributed by atoms with Crippen LogP contribution in [0.15, 0.2) is 36.5 Å². The van der Waals surface area contributed by atoms with Crippen molar-refractivity contribution in [2.45, 2.75) is 6.42 Å². The first kappa shape index (κ1) is 15.7. The predicted molar refractivity (Wildman–Crippen MR) is 91.6 cm³/mol. The highest BCUT2D eigenvalue weighted by molar-refractivity contribution is 6.36. The minimum absolute atomic E-state index is 0.0919. The van der Waals surface area contributed by atoms with E-state index in [9.17, 15) is 4.79 Å². The summed E-state index contributed by atoms with van der Waals surface area (Å²) in [6, 6.07) is 8.93. The average molecular weight is 350 g/mol. The lowest BCUT2D eigenvalue weighted by atomic mass is 9.97. The van der Waals surface area contributed by atoms with Crippen molar-refractivity contribution in [2.75, 3.05) is 7.11 Å². The van der Waals surface area contributed by atoms with E-state index in [1.165, 1.54) is 0 Å². The first-order valence-corrected chi connectivity index (χ1v) is 7.61. The summed E-state index contributed by atoms with van der Waals surface area (Å²) < 4.78 is 5.35. The molecular weight excluding hydrogens is 337 g/mol. The molecule has 2 aromatic carbocycles. The maximum absolute atomic E-state index is 11.1. The fourth-order valence-corrected chi connectivity index (χ4v) is 3.21. The van der Waals surface area contributed by atoms with Gasteiger partial charge in [0.15, 0.2) is 0 Å². The van der Waals surface area contributed by atoms with Crippen molar-refractivity contribution < 1.29 is 14.6 Å². The van der Waals surface area contributed by atoms with E-state index in [0.29, 0.717) is 21.4 Å². The first-order chi connectivity index (χ1) is 11.0. The molecule has 0 aliphatic rings. The molecule has 3 aromatic rings. The zero-order valence-corrected chi connectivity index (χ0v) is 13.7. The van der Waals surface area contributed by atoms with Gasteiger partial charge in [-0.05, 0) is 35.4 Å². The summed E-state index contributed by atoms with van der Waals surface area (Å²) in [5.74, 6) is -0.257. The molecule has 0 aliphatic heterocycles. The minimum atomic E-state index is -0.901. The molecule has 0 saturated heterocycles. The Morgan fingerprint density at radius 2 is 1.96 bits per heavy atom. The van der Waals surface area contributed by atoms with Crippen LogP contribution in [-0.4, -0.2) is 23.2 Å². The van der Waals surface area contributed by atoms with Crippen LogP contribution in [0.5, 0.6) is 5.75 Å². The van der Waals surface area contributed by atoms with Gasteiger partial charge in [-0.3, -0.25) is 4.79 Å². The minimum Gasteiger partial charge on any atom is -0.495 e. The van der Waals surface area contributed by atoms with Crippen LogP contribution in [0.1, 0.15) is 5.56 Å². The molecule has 4 nitrogen and oxygen atoms in total. The van der Waals surface area contributed by atoms with E-state index in [2.05, 4.69) is 4.98 Å². The third kappa shape index (κ3) is 2.87. The predicted octanol–water partition coefficient (Wildman–Crippen LogP) is 4.78. The highest BCUT2D eigenvalue weighted by Gasteiger charge is 2.17. The molecule has 1 aromatic heterocycles. The van der Waals surface area contributed by atoms with Gasteiger partial charge in [0.1, 0.15) is 5.75 Å². The highest BCUT2D eigenvalue weighted by atomic mass is 35.5. The van der Waals surface area contributed by atoms with Gasteiger partial charge in [0.2, 0.25) is 0 Å². The van der Waals surface area contributed by atoms with Gasteiger partial charge in [-0.1, -0.05) is 29.3 Å². The van der Waals surface area contributed by atoms with Crippen LogP contribution >= 0.6 is 23.2 Å². The molecule has 118 valence electrons. The number of hydrogen-bond donors (Lipinski definition) is 2. The Labute approximate surface area is 142 Å². The number of benzene rings is 2. The molecule has 23 heavy (non-hydrogen) atoms. The third-order valence-corrected chi connectivity index (χ3v) is 4.21. The second-order valence-corrected chi connectivity index (χ2v) is 5.92. The van der Waals surface area contributed by atoms with Crippen LogP contribution in [0.2, 0.25) is 10.0 Å². The van der Waals surface area contributed by atoms with Crippen LogP contribution in [0.3, 0.4) is 0 Å². The molecule has 6 heteroatoms. The van der Waals surface area contributed by atoms with Crippen LogP contribution in [0.4, 0.5) is 0 Å². The number of rotatable bonds is 4. The molecular formula is C17H13Cl2NO3. The summed E-state index contributed by atoms with van der Waals surface area (Å²) in [5.41, 5.74) is 3.04. The number of carbonyl (C=O) groups is 1. The molecule has 0 fully saturated rings. The zero-order chi connectivity index (χ0) is 16.6. The maximum Gasteiger partial charge on any atom is 0.307 e. The number of aliphatic carboxylic acids is 1. The summed E-state index contributed by atoms with van der Waals surface area (Å²) in [6.07, 6.45) is 1.60. The Balaban J connectivity index is 2.31. The van der Waals surface area contributed by atoms with E-state index in [0.717, 1.165) is 22.0 Å². The molecule has 0 unspecified atom stereocenters. The molecule has 0 bridgehead atoms. The monoisotopic (exact) mass is 349 g/mol. The average Bonchev–Trinajstić information content (AvgIpc) is 2.90. The van der Waals surface area contributed by atoms with Crippen LogP contribution in [0, 0.1) is 0 Å². The lowest BCUT2D eigenvalue weighted by molar-refractivity contribution is -0.136. The molecule has 0 aliphatic carbocycles. The Bertz CT molecular complexity index is 902. The summed E-state index contributed by atoms with van der Waals surface area (Å²) in [7, 11) is 1.57. The Kier molecular flexibility index (Phi) is 4.20. The summed E-state index contributed by atoms with van der Waals surface area (Å²) in [6.45, 7) is 0. The number of carboxylic acid groups (broad SMARTS) is 1. The fourth-order valence-electron chi connectivity index (χ4n) is 2.70. The molecule has 0 atom stereocenters. The van der Waals surface area contributed by atoms with Crippen LogP contribution < -0.4 is 4.74 Å². The lowest BCUT2D eigenvalue weighted by Gasteiger charge is -2.11. The maximum atomic E-state index is 11.1. The van der Waals surface area contributed by atoms with Crippen LogP contribution in [-0.2, 0) is 11.2 Å². The van der Waals surface area contributed by atoms with E-state index < -0.39 is 5.97 Å². The van der Waals surface area contributed by atoms with E-state index >= 15 is 0 Å². The Morgan fingerprint density at radius 1 is 1.22 bits per heavy atom. The summed E-state index contributed by atoms with van der Waals surface area (Å²) in [5, 5.41) is 11.0. The molecule has 3 rings (SSSR count). The van der Waals surface area contributed by atoms with Crippen molar-refractivity contribution in [1.29, 1.82) is 0 Å². The fraction of sp³-hybridized carbons (Fsp3) is 0.118. The molecule has 0 amide bonds. The number of H-pyrrole nitrogens is 1. The molecule has 2 N–H and O–H groups in total. The van der Waals surface area contributed by atoms with Crippen molar-refractivity contribution in [3.8, 4) is 16.9 Å². The van der Waals surface area contributed by atoms with Crippen molar-refractivity contribution in [3.63, 3.8) is 0 Å². The Hall–Kier alpha value is -2.17. The smallest absolute Gasteiger partial charge is 0.307 e. The van der Waals surface area contributed by atoms with E-state index in [4.69, 9.17) is 33.0 Å². The van der Waals surface area contributed by atoms with E-state index in [-0.39, 0.29) is 6.42 Å². The Morgan fingerprint density at radius 3 is 2.61 bits per heavy atom. The van der Waals surface area contributed by atoms with Gasteiger partial charge in [-0.15, -0.1) is 0 Å². The number of methoxy groups -OCH3 is 1. The first-order valence-electron chi connectivity index (χ1n) is 6.85. The van der Waals surface area contributed by atoms with Gasteiger partial charge in [0.25, 0.3) is 0 Å². The molecule has 0 saturated carbocycles. The number of halogens is 2. The second kappa shape index (κ2) is 6.14.